The zero-order valence-electron chi connectivity index (χ0n) is 11.7. The van der Waals surface area contributed by atoms with Gasteiger partial charge in [0.1, 0.15) is 5.82 Å². The van der Waals surface area contributed by atoms with Crippen molar-refractivity contribution in [3.8, 4) is 0 Å². The summed E-state index contributed by atoms with van der Waals surface area (Å²) >= 11 is 0. The average molecular weight is 303 g/mol. The van der Waals surface area contributed by atoms with Crippen molar-refractivity contribution in [1.82, 2.24) is 5.32 Å². The van der Waals surface area contributed by atoms with Crippen LogP contribution in [-0.4, -0.2) is 65.0 Å². The maximum absolute atomic E-state index is 13.3. The molecule has 1 aromatic carbocycles. The van der Waals surface area contributed by atoms with Gasteiger partial charge >= 0.3 is 0 Å². The summed E-state index contributed by atoms with van der Waals surface area (Å²) in [5.74, 6) is -0.370. The highest BCUT2D eigenvalue weighted by atomic mass is 19.1. The molecule has 0 radical (unpaired) electrons. The fourth-order valence-corrected chi connectivity index (χ4v) is 1.63. The first-order valence-electron chi connectivity index (χ1n) is 6.63. The summed E-state index contributed by atoms with van der Waals surface area (Å²) in [5, 5.41) is 39.7. The lowest BCUT2D eigenvalue weighted by atomic mass is 10.0. The van der Waals surface area contributed by atoms with Gasteiger partial charge in [0.15, 0.2) is 0 Å². The van der Waals surface area contributed by atoms with Gasteiger partial charge in [-0.3, -0.25) is 0 Å². The molecule has 7 heteroatoms. The van der Waals surface area contributed by atoms with Crippen molar-refractivity contribution in [2.24, 2.45) is 0 Å². The molecule has 0 heterocycles. The zero-order valence-corrected chi connectivity index (χ0v) is 11.7. The zero-order chi connectivity index (χ0) is 15.7. The lowest BCUT2D eigenvalue weighted by Crippen LogP contribution is -2.57. The lowest BCUT2D eigenvalue weighted by Gasteiger charge is -2.29. The molecule has 0 amide bonds. The summed E-state index contributed by atoms with van der Waals surface area (Å²) in [7, 11) is 0. The Morgan fingerprint density at radius 2 is 1.76 bits per heavy atom. The van der Waals surface area contributed by atoms with Crippen molar-refractivity contribution < 1.29 is 29.6 Å². The standard InChI is InChI=1S/C14H22FNO5/c15-13-4-2-1-3-11(13)6-21-7-12(20)5-16-14(8-17,9-18)10-19/h1-4,12,16-20H,5-10H2. The molecule has 0 spiro atoms. The number of β-amino-alcohol motifs (C(OH)–C–C–N with tert-alkyl or cyclic N) is 1. The van der Waals surface area contributed by atoms with Gasteiger partial charge in [-0.05, 0) is 6.07 Å². The molecule has 1 rings (SSSR count). The number of benzene rings is 1. The monoisotopic (exact) mass is 303 g/mol. The first-order valence-corrected chi connectivity index (χ1v) is 6.63. The molecule has 0 aromatic heterocycles. The topological polar surface area (TPSA) is 102 Å². The summed E-state index contributed by atoms with van der Waals surface area (Å²) in [6, 6.07) is 6.19. The van der Waals surface area contributed by atoms with Gasteiger partial charge in [0.2, 0.25) is 0 Å². The maximum Gasteiger partial charge on any atom is 0.128 e. The Hall–Kier alpha value is -1.09. The quantitative estimate of drug-likeness (QED) is 0.380. The van der Waals surface area contributed by atoms with Gasteiger partial charge < -0.3 is 30.5 Å². The van der Waals surface area contributed by atoms with E-state index >= 15 is 0 Å². The van der Waals surface area contributed by atoms with Gasteiger partial charge in [0.05, 0.1) is 44.7 Å². The minimum Gasteiger partial charge on any atom is -0.394 e. The van der Waals surface area contributed by atoms with Crippen LogP contribution in [0.5, 0.6) is 0 Å². The minimum absolute atomic E-state index is 0.0128. The summed E-state index contributed by atoms with van der Waals surface area (Å²) < 4.78 is 18.5. The molecule has 0 fully saturated rings. The van der Waals surface area contributed by atoms with Crippen molar-refractivity contribution >= 4 is 0 Å². The predicted octanol–water partition coefficient (Wildman–Crippen LogP) is -0.991. The summed E-state index contributed by atoms with van der Waals surface area (Å²) in [6.45, 7) is -1.40. The van der Waals surface area contributed by atoms with E-state index in [0.717, 1.165) is 0 Å². The molecular weight excluding hydrogens is 281 g/mol. The van der Waals surface area contributed by atoms with Crippen LogP contribution in [0.2, 0.25) is 0 Å². The van der Waals surface area contributed by atoms with Crippen LogP contribution < -0.4 is 5.32 Å². The molecule has 5 N–H and O–H groups in total. The predicted molar refractivity (Wildman–Crippen MR) is 74.1 cm³/mol. The van der Waals surface area contributed by atoms with E-state index in [1.807, 2.05) is 0 Å². The number of aliphatic hydroxyl groups is 4. The minimum atomic E-state index is -1.24. The van der Waals surface area contributed by atoms with E-state index in [-0.39, 0.29) is 25.6 Å². The van der Waals surface area contributed by atoms with Gasteiger partial charge in [-0.1, -0.05) is 18.2 Å². The molecule has 0 aliphatic carbocycles. The summed E-state index contributed by atoms with van der Waals surface area (Å²) in [5.41, 5.74) is -0.847. The second kappa shape index (κ2) is 9.04. The highest BCUT2D eigenvalue weighted by Gasteiger charge is 2.27. The smallest absolute Gasteiger partial charge is 0.128 e. The van der Waals surface area contributed by atoms with Crippen LogP contribution >= 0.6 is 0 Å². The van der Waals surface area contributed by atoms with E-state index in [1.54, 1.807) is 18.2 Å². The molecule has 1 unspecified atom stereocenters. The molecule has 120 valence electrons. The fourth-order valence-electron chi connectivity index (χ4n) is 1.63. The molecule has 0 aliphatic rings. The third-order valence-corrected chi connectivity index (χ3v) is 3.15. The van der Waals surface area contributed by atoms with E-state index in [0.29, 0.717) is 5.56 Å². The van der Waals surface area contributed by atoms with Gasteiger partial charge in [0, 0.05) is 12.1 Å². The number of hydrogen-bond donors (Lipinski definition) is 5. The van der Waals surface area contributed by atoms with Crippen molar-refractivity contribution in [2.75, 3.05) is 33.0 Å². The first-order chi connectivity index (χ1) is 10.1. The SMILES string of the molecule is OCC(CO)(CO)NCC(O)COCc1ccccc1F. The van der Waals surface area contributed by atoms with E-state index in [1.165, 1.54) is 6.07 Å². The van der Waals surface area contributed by atoms with Crippen LogP contribution in [-0.2, 0) is 11.3 Å². The van der Waals surface area contributed by atoms with Crippen LogP contribution in [0.15, 0.2) is 24.3 Å². The lowest BCUT2D eigenvalue weighted by molar-refractivity contribution is 0.00387. The highest BCUT2D eigenvalue weighted by molar-refractivity contribution is 5.16. The van der Waals surface area contributed by atoms with Crippen LogP contribution in [0.4, 0.5) is 4.39 Å². The molecule has 1 aromatic rings. The Balaban J connectivity index is 2.31. The number of nitrogens with one attached hydrogen (secondary N) is 1. The summed E-state index contributed by atoms with van der Waals surface area (Å²) in [6.07, 6.45) is -0.916. The molecular formula is C14H22FNO5. The van der Waals surface area contributed by atoms with Crippen LogP contribution in [0, 0.1) is 5.82 Å². The molecule has 21 heavy (non-hydrogen) atoms. The second-order valence-corrected chi connectivity index (χ2v) is 4.90. The van der Waals surface area contributed by atoms with Gasteiger partial charge in [-0.25, -0.2) is 4.39 Å². The Bertz CT molecular complexity index is 406. The molecule has 1 atom stereocenters. The molecule has 0 saturated carbocycles. The van der Waals surface area contributed by atoms with Crippen molar-refractivity contribution in [1.29, 1.82) is 0 Å². The van der Waals surface area contributed by atoms with Gasteiger partial charge in [-0.15, -0.1) is 0 Å². The fraction of sp³-hybridized carbons (Fsp3) is 0.571. The number of hydrogen-bond acceptors (Lipinski definition) is 6. The second-order valence-electron chi connectivity index (χ2n) is 4.90. The van der Waals surface area contributed by atoms with E-state index < -0.39 is 31.5 Å². The molecule has 0 saturated heterocycles. The van der Waals surface area contributed by atoms with E-state index in [2.05, 4.69) is 5.32 Å². The van der Waals surface area contributed by atoms with Crippen molar-refractivity contribution in [3.63, 3.8) is 0 Å². The van der Waals surface area contributed by atoms with Crippen LogP contribution in [0.3, 0.4) is 0 Å². The average Bonchev–Trinajstić information content (AvgIpc) is 2.51. The van der Waals surface area contributed by atoms with Crippen LogP contribution in [0.1, 0.15) is 5.56 Å². The molecule has 0 aliphatic heterocycles. The maximum atomic E-state index is 13.3. The Kier molecular flexibility index (Phi) is 7.73. The third-order valence-electron chi connectivity index (χ3n) is 3.15. The van der Waals surface area contributed by atoms with Crippen molar-refractivity contribution in [2.45, 2.75) is 18.2 Å². The first kappa shape index (κ1) is 18.0. The molecule has 6 nitrogen and oxygen atoms in total. The van der Waals surface area contributed by atoms with Gasteiger partial charge in [-0.2, -0.15) is 0 Å². The number of rotatable bonds is 10. The number of aliphatic hydroxyl groups excluding tert-OH is 4. The Morgan fingerprint density at radius 1 is 1.14 bits per heavy atom. The highest BCUT2D eigenvalue weighted by Crippen LogP contribution is 2.08. The Morgan fingerprint density at radius 3 is 2.33 bits per heavy atom. The Labute approximate surface area is 122 Å². The summed E-state index contributed by atoms with van der Waals surface area (Å²) in [4.78, 5) is 0. The number of halogens is 1. The third kappa shape index (κ3) is 5.66. The largest absolute Gasteiger partial charge is 0.394 e. The van der Waals surface area contributed by atoms with Crippen molar-refractivity contribution in [3.05, 3.63) is 35.6 Å². The number of ether oxygens (including phenoxy) is 1. The normalized spacial score (nSPS) is 13.4. The van der Waals surface area contributed by atoms with Crippen LogP contribution in [0.25, 0.3) is 0 Å². The van der Waals surface area contributed by atoms with E-state index in [9.17, 15) is 9.50 Å². The van der Waals surface area contributed by atoms with E-state index in [4.69, 9.17) is 20.1 Å². The molecule has 0 bridgehead atoms. The van der Waals surface area contributed by atoms with Gasteiger partial charge in [0.25, 0.3) is 0 Å².